The largest absolute Gasteiger partial charge is 0.310 e. The third kappa shape index (κ3) is 7.66. The number of aromatic nitrogens is 3. The molecule has 0 fully saturated rings. The maximum absolute atomic E-state index is 5.10. The zero-order valence-electron chi connectivity index (χ0n) is 36.7. The molecule has 0 aliphatic heterocycles. The van der Waals surface area contributed by atoms with Gasteiger partial charge in [-0.25, -0.2) is 9.97 Å². The molecule has 2 heterocycles. The summed E-state index contributed by atoms with van der Waals surface area (Å²) < 4.78 is 2.39. The van der Waals surface area contributed by atoms with E-state index in [2.05, 4.69) is 255 Å². The van der Waals surface area contributed by atoms with Gasteiger partial charge in [-0.1, -0.05) is 163 Å². The van der Waals surface area contributed by atoms with E-state index in [1.54, 1.807) is 0 Å². The summed E-state index contributed by atoms with van der Waals surface area (Å²) in [5.41, 5.74) is 20.2. The van der Waals surface area contributed by atoms with Gasteiger partial charge in [0, 0.05) is 50.2 Å². The van der Waals surface area contributed by atoms with Crippen LogP contribution in [0.25, 0.3) is 83.6 Å². The van der Waals surface area contributed by atoms with Gasteiger partial charge in [0.25, 0.3) is 0 Å². The lowest BCUT2D eigenvalue weighted by molar-refractivity contribution is 1.18. The average Bonchev–Trinajstić information content (AvgIpc) is 3.69. The Morgan fingerprint density at radius 2 is 0.862 bits per heavy atom. The third-order valence-corrected chi connectivity index (χ3v) is 12.5. The fourth-order valence-electron chi connectivity index (χ4n) is 9.07. The average molecular weight is 835 g/mol. The molecule has 0 saturated heterocycles. The zero-order valence-corrected chi connectivity index (χ0v) is 36.7. The second-order valence-corrected chi connectivity index (χ2v) is 16.9. The summed E-state index contributed by atoms with van der Waals surface area (Å²) in [6, 6.07) is 80.4. The van der Waals surface area contributed by atoms with Gasteiger partial charge >= 0.3 is 0 Å². The van der Waals surface area contributed by atoms with Crippen molar-refractivity contribution in [3.8, 4) is 61.8 Å². The first-order valence-corrected chi connectivity index (χ1v) is 22.2. The second-order valence-electron chi connectivity index (χ2n) is 16.9. The van der Waals surface area contributed by atoms with Gasteiger partial charge in [0.15, 0.2) is 5.82 Å². The number of fused-ring (bicyclic) bond motifs is 3. The Labute approximate surface area is 380 Å². The van der Waals surface area contributed by atoms with Gasteiger partial charge in [-0.2, -0.15) is 0 Å². The van der Waals surface area contributed by atoms with E-state index in [-0.39, 0.29) is 0 Å². The minimum atomic E-state index is 0.724. The van der Waals surface area contributed by atoms with E-state index >= 15 is 0 Å². The fraction of sp³-hybridized carbons (Fsp3) is 0.0492. The molecular formula is C61H46N4. The standard InChI is InChI=1S/C61H46N4/c1-41-18-22-47(23-19-41)57-40-58(63-61(62-57)48-24-20-42(2)21-25-48)49-32-36-54(43(3)38-49)46-28-26-44(27-29-46)45-30-33-52(34-31-45)65-59-17-11-10-16-55(59)56-39-53(35-37-60(56)65)64(50-12-6-4-7-13-50)51-14-8-5-9-15-51/h4-40H,1-3H3. The topological polar surface area (TPSA) is 34.0 Å². The Hall–Kier alpha value is -8.34. The highest BCUT2D eigenvalue weighted by atomic mass is 15.1. The number of aryl methyl sites for hydroxylation is 3. The second kappa shape index (κ2) is 16.7. The van der Waals surface area contributed by atoms with Crippen molar-refractivity contribution >= 4 is 38.9 Å². The van der Waals surface area contributed by atoms with E-state index in [4.69, 9.17) is 9.97 Å². The normalized spacial score (nSPS) is 11.3. The molecule has 0 spiro atoms. The van der Waals surface area contributed by atoms with E-state index in [0.29, 0.717) is 0 Å². The molecule has 0 N–H and O–H groups in total. The number of anilines is 3. The molecule has 310 valence electrons. The first-order chi connectivity index (χ1) is 31.9. The molecule has 0 unspecified atom stereocenters. The Kier molecular flexibility index (Phi) is 10.2. The smallest absolute Gasteiger partial charge is 0.160 e. The lowest BCUT2D eigenvalue weighted by Gasteiger charge is -2.25. The predicted octanol–water partition coefficient (Wildman–Crippen LogP) is 16.3. The first kappa shape index (κ1) is 39.5. The Morgan fingerprint density at radius 3 is 1.49 bits per heavy atom. The summed E-state index contributed by atoms with van der Waals surface area (Å²) in [7, 11) is 0. The van der Waals surface area contributed by atoms with E-state index in [1.807, 2.05) is 0 Å². The molecule has 4 heteroatoms. The predicted molar refractivity (Wildman–Crippen MR) is 272 cm³/mol. The molecule has 0 amide bonds. The van der Waals surface area contributed by atoms with Crippen molar-refractivity contribution in [3.05, 3.63) is 241 Å². The monoisotopic (exact) mass is 834 g/mol. The van der Waals surface area contributed by atoms with E-state index < -0.39 is 0 Å². The van der Waals surface area contributed by atoms with Gasteiger partial charge in [0.1, 0.15) is 0 Å². The van der Waals surface area contributed by atoms with Crippen LogP contribution in [0.15, 0.2) is 224 Å². The van der Waals surface area contributed by atoms with Crippen LogP contribution in [0.2, 0.25) is 0 Å². The molecule has 0 atom stereocenters. The summed E-state index contributed by atoms with van der Waals surface area (Å²) in [6.45, 7) is 6.40. The number of hydrogen-bond acceptors (Lipinski definition) is 3. The molecule has 11 aromatic rings. The van der Waals surface area contributed by atoms with E-state index in [9.17, 15) is 0 Å². The highest BCUT2D eigenvalue weighted by Crippen LogP contribution is 2.40. The van der Waals surface area contributed by atoms with Gasteiger partial charge in [-0.15, -0.1) is 0 Å². The van der Waals surface area contributed by atoms with Crippen molar-refractivity contribution in [2.45, 2.75) is 20.8 Å². The Balaban J connectivity index is 0.882. The van der Waals surface area contributed by atoms with Crippen molar-refractivity contribution in [2.75, 3.05) is 4.90 Å². The summed E-state index contributed by atoms with van der Waals surface area (Å²) in [5.74, 6) is 0.724. The van der Waals surface area contributed by atoms with Crippen LogP contribution in [0, 0.1) is 20.8 Å². The Bertz CT molecular complexity index is 3360. The van der Waals surface area contributed by atoms with Crippen LogP contribution in [-0.2, 0) is 0 Å². The lowest BCUT2D eigenvalue weighted by Crippen LogP contribution is -2.09. The third-order valence-electron chi connectivity index (χ3n) is 12.5. The molecule has 0 aliphatic carbocycles. The minimum Gasteiger partial charge on any atom is -0.310 e. The molecular weight excluding hydrogens is 789 g/mol. The summed E-state index contributed by atoms with van der Waals surface area (Å²) in [4.78, 5) is 12.5. The SMILES string of the molecule is Cc1ccc(-c2cc(-c3ccc(-c4ccc(-c5ccc(-n6c7ccccc7c7cc(N(c8ccccc8)c8ccccc8)ccc76)cc5)cc4)c(C)c3)nc(-c3ccc(C)cc3)n2)cc1. The van der Waals surface area contributed by atoms with Crippen molar-refractivity contribution in [1.29, 1.82) is 0 Å². The van der Waals surface area contributed by atoms with E-state index in [0.717, 1.165) is 56.7 Å². The Morgan fingerprint density at radius 1 is 0.354 bits per heavy atom. The molecule has 0 radical (unpaired) electrons. The highest BCUT2D eigenvalue weighted by molar-refractivity contribution is 6.10. The van der Waals surface area contributed by atoms with Crippen molar-refractivity contribution in [2.24, 2.45) is 0 Å². The molecule has 11 rings (SSSR count). The summed E-state index contributed by atoms with van der Waals surface area (Å²) >= 11 is 0. The van der Waals surface area contributed by atoms with Crippen LogP contribution in [0.3, 0.4) is 0 Å². The maximum atomic E-state index is 5.10. The molecule has 4 nitrogen and oxygen atoms in total. The fourth-order valence-corrected chi connectivity index (χ4v) is 9.07. The zero-order chi connectivity index (χ0) is 43.9. The summed E-state index contributed by atoms with van der Waals surface area (Å²) in [6.07, 6.45) is 0. The van der Waals surface area contributed by atoms with Gasteiger partial charge in [-0.3, -0.25) is 0 Å². The van der Waals surface area contributed by atoms with Crippen molar-refractivity contribution in [1.82, 2.24) is 14.5 Å². The van der Waals surface area contributed by atoms with Gasteiger partial charge < -0.3 is 9.47 Å². The van der Waals surface area contributed by atoms with E-state index in [1.165, 1.54) is 60.8 Å². The van der Waals surface area contributed by atoms with Crippen molar-refractivity contribution in [3.63, 3.8) is 0 Å². The van der Waals surface area contributed by atoms with Crippen LogP contribution >= 0.6 is 0 Å². The lowest BCUT2D eigenvalue weighted by atomic mass is 9.95. The van der Waals surface area contributed by atoms with Gasteiger partial charge in [0.2, 0.25) is 0 Å². The van der Waals surface area contributed by atoms with Crippen LogP contribution in [0.5, 0.6) is 0 Å². The molecule has 0 saturated carbocycles. The molecule has 0 aliphatic rings. The number of benzene rings is 9. The quantitative estimate of drug-likeness (QED) is 0.145. The highest BCUT2D eigenvalue weighted by Gasteiger charge is 2.18. The maximum Gasteiger partial charge on any atom is 0.160 e. The van der Waals surface area contributed by atoms with Gasteiger partial charge in [0.05, 0.1) is 22.4 Å². The van der Waals surface area contributed by atoms with Crippen LogP contribution < -0.4 is 4.90 Å². The number of para-hydroxylation sites is 3. The molecule has 0 bridgehead atoms. The minimum absolute atomic E-state index is 0.724. The molecule has 2 aromatic heterocycles. The van der Waals surface area contributed by atoms with Gasteiger partial charge in [-0.05, 0) is 121 Å². The van der Waals surface area contributed by atoms with Crippen LogP contribution in [0.1, 0.15) is 16.7 Å². The van der Waals surface area contributed by atoms with Crippen molar-refractivity contribution < 1.29 is 0 Å². The molecule has 9 aromatic carbocycles. The number of nitrogens with zero attached hydrogens (tertiary/aromatic N) is 4. The number of hydrogen-bond donors (Lipinski definition) is 0. The summed E-state index contributed by atoms with van der Waals surface area (Å²) in [5, 5.41) is 2.44. The first-order valence-electron chi connectivity index (χ1n) is 22.2. The van der Waals surface area contributed by atoms with Crippen LogP contribution in [0.4, 0.5) is 17.1 Å². The number of rotatable bonds is 9. The molecule has 65 heavy (non-hydrogen) atoms. The van der Waals surface area contributed by atoms with Crippen LogP contribution in [-0.4, -0.2) is 14.5 Å².